The molecule has 1 aromatic carbocycles. The Balaban J connectivity index is 2.21. The first-order valence-corrected chi connectivity index (χ1v) is 14.3. The van der Waals surface area contributed by atoms with Gasteiger partial charge >= 0.3 is 6.18 Å². The second kappa shape index (κ2) is 12.9. The SMILES string of the molecule is C/C=C\NC(CCC)C(C(C)CC)C1(Oc2nc(-c3cc(N)c(C)c(C)c3C(F)(F)F)c(P)cc2C=O)COC1. The molecule has 0 amide bonds. The van der Waals surface area contributed by atoms with E-state index in [2.05, 4.69) is 40.3 Å². The number of nitrogen functional groups attached to an aromatic ring is 1. The highest BCUT2D eigenvalue weighted by molar-refractivity contribution is 7.27. The van der Waals surface area contributed by atoms with Crippen LogP contribution in [0.25, 0.3) is 11.3 Å². The number of anilines is 1. The predicted octanol–water partition coefficient (Wildman–Crippen LogP) is 6.38. The molecule has 0 radical (unpaired) electrons. The summed E-state index contributed by atoms with van der Waals surface area (Å²) < 4.78 is 55.3. The van der Waals surface area contributed by atoms with Crippen LogP contribution in [0, 0.1) is 25.7 Å². The Hall–Kier alpha value is -2.64. The molecular formula is C30H41F3N3O3P. The van der Waals surface area contributed by atoms with E-state index in [1.54, 1.807) is 6.92 Å². The predicted molar refractivity (Wildman–Crippen MR) is 157 cm³/mol. The van der Waals surface area contributed by atoms with Crippen molar-refractivity contribution in [2.75, 3.05) is 18.9 Å². The first kappa shape index (κ1) is 31.9. The third kappa shape index (κ3) is 6.31. The third-order valence-electron chi connectivity index (χ3n) is 8.02. The van der Waals surface area contributed by atoms with Gasteiger partial charge in [-0.1, -0.05) is 39.7 Å². The number of ether oxygens (including phenoxy) is 2. The molecule has 2 heterocycles. The van der Waals surface area contributed by atoms with Gasteiger partial charge in [-0.3, -0.25) is 4.79 Å². The standard InChI is InChI=1S/C30H41F3N3O3P/c1-7-10-23(35-11-8-2)25(17(4)9-3)29(15-38-16-29)39-28-20(14-37)12-24(40)27(36-28)21-13-22(34)18(5)19(6)26(21)30(31,32)33/h8,11-14,17,23,25,35H,7,9-10,15-16,34,40H2,1-6H3/b11-8-. The molecule has 10 heteroatoms. The summed E-state index contributed by atoms with van der Waals surface area (Å²) in [6.45, 7) is 11.9. The summed E-state index contributed by atoms with van der Waals surface area (Å²) in [7, 11) is 2.39. The van der Waals surface area contributed by atoms with E-state index >= 15 is 0 Å². The highest BCUT2D eigenvalue weighted by Crippen LogP contribution is 2.44. The number of allylic oxidation sites excluding steroid dienone is 1. The van der Waals surface area contributed by atoms with Gasteiger partial charge in [0.15, 0.2) is 11.9 Å². The van der Waals surface area contributed by atoms with E-state index in [4.69, 9.17) is 15.2 Å². The number of carbonyl (C=O) groups excluding carboxylic acids is 1. The van der Waals surface area contributed by atoms with Gasteiger partial charge in [-0.25, -0.2) is 4.98 Å². The van der Waals surface area contributed by atoms with Crippen LogP contribution >= 0.6 is 9.24 Å². The molecule has 0 saturated carbocycles. The van der Waals surface area contributed by atoms with Crippen LogP contribution in [-0.4, -0.2) is 36.1 Å². The van der Waals surface area contributed by atoms with Crippen LogP contribution in [0.1, 0.15) is 74.0 Å². The van der Waals surface area contributed by atoms with E-state index in [1.165, 1.54) is 19.1 Å². The van der Waals surface area contributed by atoms with Gasteiger partial charge in [0.2, 0.25) is 5.88 Å². The number of nitrogens with one attached hydrogen (secondary N) is 1. The van der Waals surface area contributed by atoms with Crippen LogP contribution in [0.2, 0.25) is 0 Å². The molecule has 2 aromatic rings. The first-order valence-electron chi connectivity index (χ1n) is 13.7. The lowest BCUT2D eigenvalue weighted by Gasteiger charge is -2.51. The third-order valence-corrected chi connectivity index (χ3v) is 8.46. The van der Waals surface area contributed by atoms with E-state index in [0.29, 0.717) is 17.2 Å². The molecule has 0 spiro atoms. The number of hydrogen-bond acceptors (Lipinski definition) is 6. The number of pyridine rings is 1. The molecule has 40 heavy (non-hydrogen) atoms. The number of nitrogens with zero attached hydrogens (tertiary/aromatic N) is 1. The van der Waals surface area contributed by atoms with Gasteiger partial charge in [0.1, 0.15) is 0 Å². The quantitative estimate of drug-likeness (QED) is 0.172. The second-order valence-corrected chi connectivity index (χ2v) is 11.3. The summed E-state index contributed by atoms with van der Waals surface area (Å²) >= 11 is 0. The van der Waals surface area contributed by atoms with Gasteiger partial charge in [-0.15, -0.1) is 9.24 Å². The summed E-state index contributed by atoms with van der Waals surface area (Å²) in [5.41, 5.74) is 5.16. The van der Waals surface area contributed by atoms with Crippen molar-refractivity contribution >= 4 is 26.5 Å². The molecular weight excluding hydrogens is 538 g/mol. The minimum Gasteiger partial charge on any atom is -0.465 e. The fourth-order valence-corrected chi connectivity index (χ4v) is 6.05. The van der Waals surface area contributed by atoms with Gasteiger partial charge < -0.3 is 20.5 Å². The van der Waals surface area contributed by atoms with Crippen LogP contribution in [-0.2, 0) is 10.9 Å². The Kier molecular flexibility index (Phi) is 10.3. The van der Waals surface area contributed by atoms with Crippen molar-refractivity contribution in [3.63, 3.8) is 0 Å². The smallest absolute Gasteiger partial charge is 0.417 e. The zero-order valence-corrected chi connectivity index (χ0v) is 25.3. The van der Waals surface area contributed by atoms with Crippen LogP contribution in [0.3, 0.4) is 0 Å². The molecule has 4 atom stereocenters. The normalized spacial score (nSPS) is 17.2. The van der Waals surface area contributed by atoms with Crippen LogP contribution in [0.15, 0.2) is 24.4 Å². The summed E-state index contributed by atoms with van der Waals surface area (Å²) in [6.07, 6.45) is 2.53. The van der Waals surface area contributed by atoms with Crippen molar-refractivity contribution in [2.45, 2.75) is 78.6 Å². The Morgan fingerprint density at radius 1 is 1.25 bits per heavy atom. The van der Waals surface area contributed by atoms with Crippen molar-refractivity contribution in [2.24, 2.45) is 11.8 Å². The molecule has 3 N–H and O–H groups in total. The summed E-state index contributed by atoms with van der Waals surface area (Å²) in [6, 6.07) is 2.85. The largest absolute Gasteiger partial charge is 0.465 e. The monoisotopic (exact) mass is 579 g/mol. The Bertz CT molecular complexity index is 1250. The van der Waals surface area contributed by atoms with E-state index in [0.717, 1.165) is 19.3 Å². The topological polar surface area (TPSA) is 86.5 Å². The molecule has 220 valence electrons. The molecule has 1 aliphatic heterocycles. The van der Waals surface area contributed by atoms with Crippen molar-refractivity contribution in [3.8, 4) is 17.1 Å². The van der Waals surface area contributed by atoms with Gasteiger partial charge in [-0.05, 0) is 67.9 Å². The summed E-state index contributed by atoms with van der Waals surface area (Å²) in [5.74, 6) is 0.180. The minimum atomic E-state index is -4.64. The Morgan fingerprint density at radius 3 is 2.42 bits per heavy atom. The number of benzene rings is 1. The fourth-order valence-electron chi connectivity index (χ4n) is 5.65. The average Bonchev–Trinajstić information content (AvgIpc) is 2.88. The van der Waals surface area contributed by atoms with E-state index in [1.807, 2.05) is 19.2 Å². The number of aldehydes is 1. The Morgan fingerprint density at radius 2 is 1.93 bits per heavy atom. The zero-order valence-electron chi connectivity index (χ0n) is 24.1. The van der Waals surface area contributed by atoms with E-state index in [-0.39, 0.29) is 65.0 Å². The molecule has 1 aliphatic rings. The van der Waals surface area contributed by atoms with Crippen LogP contribution in [0.4, 0.5) is 18.9 Å². The van der Waals surface area contributed by atoms with Crippen molar-refractivity contribution in [1.29, 1.82) is 0 Å². The maximum Gasteiger partial charge on any atom is 0.417 e. The van der Waals surface area contributed by atoms with Gasteiger partial charge in [-0.2, -0.15) is 13.2 Å². The zero-order chi connectivity index (χ0) is 29.8. The van der Waals surface area contributed by atoms with Gasteiger partial charge in [0.25, 0.3) is 0 Å². The molecule has 0 bridgehead atoms. The Labute approximate surface area is 237 Å². The lowest BCUT2D eigenvalue weighted by molar-refractivity contribution is -0.207. The molecule has 0 aliphatic carbocycles. The van der Waals surface area contributed by atoms with Gasteiger partial charge in [0.05, 0.1) is 30.0 Å². The molecule has 1 saturated heterocycles. The lowest BCUT2D eigenvalue weighted by Crippen LogP contribution is -2.65. The van der Waals surface area contributed by atoms with E-state index in [9.17, 15) is 18.0 Å². The van der Waals surface area contributed by atoms with Crippen molar-refractivity contribution < 1.29 is 27.4 Å². The number of alkyl halides is 3. The average molecular weight is 580 g/mol. The van der Waals surface area contributed by atoms with Crippen LogP contribution < -0.4 is 21.1 Å². The number of hydrogen-bond donors (Lipinski definition) is 2. The van der Waals surface area contributed by atoms with Gasteiger partial charge in [0, 0.05) is 23.2 Å². The highest BCUT2D eigenvalue weighted by atomic mass is 31.0. The molecule has 1 fully saturated rings. The first-order chi connectivity index (χ1) is 18.8. The minimum absolute atomic E-state index is 0.0148. The number of rotatable bonds is 12. The fraction of sp³-hybridized carbons (Fsp3) is 0.533. The number of halogens is 3. The van der Waals surface area contributed by atoms with Crippen molar-refractivity contribution in [1.82, 2.24) is 10.3 Å². The molecule has 6 nitrogen and oxygen atoms in total. The molecule has 3 rings (SSSR count). The number of nitrogens with two attached hydrogens (primary N) is 1. The molecule has 1 aromatic heterocycles. The summed E-state index contributed by atoms with van der Waals surface area (Å²) in [4.78, 5) is 16.7. The van der Waals surface area contributed by atoms with E-state index < -0.39 is 17.3 Å². The highest BCUT2D eigenvalue weighted by Gasteiger charge is 2.53. The summed E-state index contributed by atoms with van der Waals surface area (Å²) in [5, 5.41) is 3.85. The maximum absolute atomic E-state index is 14.3. The second-order valence-electron chi connectivity index (χ2n) is 10.7. The number of carbonyl (C=O) groups is 1. The number of aromatic nitrogens is 1. The maximum atomic E-state index is 14.3. The molecule has 4 unspecified atom stereocenters. The lowest BCUT2D eigenvalue weighted by atomic mass is 9.70. The van der Waals surface area contributed by atoms with Crippen LogP contribution in [0.5, 0.6) is 5.88 Å². The van der Waals surface area contributed by atoms with Crippen molar-refractivity contribution in [3.05, 3.63) is 46.7 Å².